The summed E-state index contributed by atoms with van der Waals surface area (Å²) in [6, 6.07) is 12.5. The van der Waals surface area contributed by atoms with Gasteiger partial charge in [0.15, 0.2) is 11.6 Å². The zero-order chi connectivity index (χ0) is 20.4. The molecule has 1 aromatic heterocycles. The summed E-state index contributed by atoms with van der Waals surface area (Å²) >= 11 is 0. The first-order valence-corrected chi connectivity index (χ1v) is 9.13. The van der Waals surface area contributed by atoms with E-state index < -0.39 is 23.9 Å². The van der Waals surface area contributed by atoms with E-state index in [4.69, 9.17) is 9.47 Å². The second-order valence-corrected chi connectivity index (χ2v) is 6.73. The highest BCUT2D eigenvalue weighted by Crippen LogP contribution is 2.26. The van der Waals surface area contributed by atoms with E-state index in [2.05, 4.69) is 10.3 Å². The maximum absolute atomic E-state index is 13.9. The van der Waals surface area contributed by atoms with Crippen molar-refractivity contribution in [2.75, 3.05) is 13.7 Å². The number of hydrogen-bond donors (Lipinski definition) is 0. The third-order valence-corrected chi connectivity index (χ3v) is 4.89. The fourth-order valence-corrected chi connectivity index (χ4v) is 3.49. The minimum Gasteiger partial charge on any atom is -0.485 e. The van der Waals surface area contributed by atoms with Gasteiger partial charge in [0.25, 0.3) is 0 Å². The first kappa shape index (κ1) is 18.9. The molecule has 1 aliphatic heterocycles. The molecule has 9 heteroatoms. The minimum absolute atomic E-state index is 0.0812. The molecule has 2 heterocycles. The summed E-state index contributed by atoms with van der Waals surface area (Å²) in [5.74, 6) is -1.28. The van der Waals surface area contributed by atoms with Crippen LogP contribution in [-0.4, -0.2) is 57.6 Å². The Balaban J connectivity index is 1.52. The van der Waals surface area contributed by atoms with Crippen LogP contribution in [0.2, 0.25) is 0 Å². The summed E-state index contributed by atoms with van der Waals surface area (Å²) in [5.41, 5.74) is 1.39. The molecule has 0 saturated carbocycles. The Morgan fingerprint density at radius 2 is 1.93 bits per heavy atom. The molecule has 4 rings (SSSR count). The highest BCUT2D eigenvalue weighted by Gasteiger charge is 2.41. The number of fused-ring (bicyclic) bond motifs is 1. The molecule has 0 spiro atoms. The highest BCUT2D eigenvalue weighted by atomic mass is 19.1. The van der Waals surface area contributed by atoms with Gasteiger partial charge in [-0.1, -0.05) is 29.5 Å². The molecule has 0 N–H and O–H groups in total. The standard InChI is InChI=1S/C20H19FN4O4/c1-28-20(27)17-10-13(29-18-9-5-2-6-14(18)21)11-24(17)19(26)12-25-16-8-4-3-7-15(16)22-23-25/h2-9,13,17H,10-12H2,1H3/t13-,17+/m0/s1. The maximum Gasteiger partial charge on any atom is 0.328 e. The summed E-state index contributed by atoms with van der Waals surface area (Å²) < 4.78 is 25.9. The Morgan fingerprint density at radius 1 is 1.17 bits per heavy atom. The number of likely N-dealkylation sites (tertiary alicyclic amines) is 1. The normalized spacial score (nSPS) is 18.8. The van der Waals surface area contributed by atoms with Crippen molar-refractivity contribution in [3.63, 3.8) is 0 Å². The van der Waals surface area contributed by atoms with Gasteiger partial charge in [-0.25, -0.2) is 13.9 Å². The zero-order valence-electron chi connectivity index (χ0n) is 15.7. The summed E-state index contributed by atoms with van der Waals surface area (Å²) in [6.07, 6.45) is -0.322. The van der Waals surface area contributed by atoms with Crippen LogP contribution in [0.25, 0.3) is 11.0 Å². The second kappa shape index (κ2) is 7.86. The van der Waals surface area contributed by atoms with Crippen molar-refractivity contribution in [2.24, 2.45) is 0 Å². The van der Waals surface area contributed by atoms with E-state index in [0.29, 0.717) is 11.0 Å². The van der Waals surface area contributed by atoms with Crippen LogP contribution < -0.4 is 4.74 Å². The predicted octanol–water partition coefficient (Wildman–Crippen LogP) is 1.79. The van der Waals surface area contributed by atoms with Gasteiger partial charge in [0.05, 0.1) is 19.2 Å². The van der Waals surface area contributed by atoms with Crippen LogP contribution in [0.15, 0.2) is 48.5 Å². The molecule has 150 valence electrons. The Labute approximate surface area is 165 Å². The van der Waals surface area contributed by atoms with E-state index >= 15 is 0 Å². The van der Waals surface area contributed by atoms with Crippen LogP contribution in [0, 0.1) is 5.82 Å². The number of hydrogen-bond acceptors (Lipinski definition) is 6. The largest absolute Gasteiger partial charge is 0.485 e. The molecule has 0 unspecified atom stereocenters. The molecular formula is C20H19FN4O4. The molecule has 1 aliphatic rings. The van der Waals surface area contributed by atoms with Crippen LogP contribution in [0.3, 0.4) is 0 Å². The molecule has 0 aliphatic carbocycles. The summed E-state index contributed by atoms with van der Waals surface area (Å²) in [4.78, 5) is 26.6. The van der Waals surface area contributed by atoms with E-state index in [-0.39, 0.29) is 31.2 Å². The Bertz CT molecular complexity index is 1050. The molecule has 8 nitrogen and oxygen atoms in total. The van der Waals surface area contributed by atoms with Crippen molar-refractivity contribution in [2.45, 2.75) is 25.1 Å². The molecule has 1 fully saturated rings. The molecule has 1 amide bonds. The van der Waals surface area contributed by atoms with Gasteiger partial charge in [0.1, 0.15) is 24.2 Å². The zero-order valence-corrected chi connectivity index (χ0v) is 15.7. The number of carbonyl (C=O) groups is 2. The van der Waals surface area contributed by atoms with Crippen molar-refractivity contribution in [1.29, 1.82) is 0 Å². The molecule has 0 bridgehead atoms. The van der Waals surface area contributed by atoms with Crippen molar-refractivity contribution in [3.05, 3.63) is 54.3 Å². The van der Waals surface area contributed by atoms with Gasteiger partial charge in [-0.15, -0.1) is 5.10 Å². The quantitative estimate of drug-likeness (QED) is 0.609. The summed E-state index contributed by atoms with van der Waals surface area (Å²) in [6.45, 7) is 0.0555. The average Bonchev–Trinajstić information content (AvgIpc) is 3.34. The van der Waals surface area contributed by atoms with Crippen LogP contribution >= 0.6 is 0 Å². The van der Waals surface area contributed by atoms with Crippen molar-refractivity contribution in [3.8, 4) is 5.75 Å². The van der Waals surface area contributed by atoms with E-state index in [0.717, 1.165) is 0 Å². The lowest BCUT2D eigenvalue weighted by Gasteiger charge is -2.22. The van der Waals surface area contributed by atoms with Crippen LogP contribution in [-0.2, 0) is 20.9 Å². The number of benzene rings is 2. The number of methoxy groups -OCH3 is 1. The van der Waals surface area contributed by atoms with Gasteiger partial charge in [-0.05, 0) is 24.3 Å². The number of carbonyl (C=O) groups excluding carboxylic acids is 2. The number of esters is 1. The SMILES string of the molecule is COC(=O)[C@H]1C[C@H](Oc2ccccc2F)CN1C(=O)Cn1nnc2ccccc21. The first-order valence-electron chi connectivity index (χ1n) is 9.13. The lowest BCUT2D eigenvalue weighted by atomic mass is 10.2. The lowest BCUT2D eigenvalue weighted by molar-refractivity contribution is -0.151. The van der Waals surface area contributed by atoms with Gasteiger partial charge in [0, 0.05) is 6.42 Å². The fourth-order valence-electron chi connectivity index (χ4n) is 3.49. The van der Waals surface area contributed by atoms with Gasteiger partial charge >= 0.3 is 5.97 Å². The number of halogens is 1. The third-order valence-electron chi connectivity index (χ3n) is 4.89. The molecule has 29 heavy (non-hydrogen) atoms. The first-order chi connectivity index (χ1) is 14.1. The van der Waals surface area contributed by atoms with Crippen LogP contribution in [0.5, 0.6) is 5.75 Å². The van der Waals surface area contributed by atoms with Gasteiger partial charge < -0.3 is 14.4 Å². The fraction of sp³-hybridized carbons (Fsp3) is 0.300. The Kier molecular flexibility index (Phi) is 5.11. The number of amides is 1. The van der Waals surface area contributed by atoms with Crippen LogP contribution in [0.1, 0.15) is 6.42 Å². The molecule has 2 aromatic carbocycles. The Morgan fingerprint density at radius 3 is 2.72 bits per heavy atom. The molecule has 2 atom stereocenters. The van der Waals surface area contributed by atoms with Crippen molar-refractivity contribution < 1.29 is 23.5 Å². The molecule has 0 radical (unpaired) electrons. The van der Waals surface area contributed by atoms with Crippen LogP contribution in [0.4, 0.5) is 4.39 Å². The smallest absolute Gasteiger partial charge is 0.328 e. The van der Waals surface area contributed by atoms with Gasteiger partial charge in [0.2, 0.25) is 5.91 Å². The molecule has 1 saturated heterocycles. The predicted molar refractivity (Wildman–Crippen MR) is 100 cm³/mol. The maximum atomic E-state index is 13.9. The number of rotatable bonds is 5. The van der Waals surface area contributed by atoms with Crippen molar-refractivity contribution in [1.82, 2.24) is 19.9 Å². The van der Waals surface area contributed by atoms with E-state index in [9.17, 15) is 14.0 Å². The van der Waals surface area contributed by atoms with E-state index in [1.807, 2.05) is 18.2 Å². The topological polar surface area (TPSA) is 86.5 Å². The number of nitrogens with zero attached hydrogens (tertiary/aromatic N) is 4. The van der Waals surface area contributed by atoms with E-state index in [1.165, 1.54) is 28.8 Å². The van der Waals surface area contributed by atoms with Crippen molar-refractivity contribution >= 4 is 22.9 Å². The molecule has 3 aromatic rings. The number of ether oxygens (including phenoxy) is 2. The number of aromatic nitrogens is 3. The third kappa shape index (κ3) is 3.75. The summed E-state index contributed by atoms with van der Waals surface area (Å²) in [7, 11) is 1.26. The lowest BCUT2D eigenvalue weighted by Crippen LogP contribution is -2.43. The van der Waals surface area contributed by atoms with E-state index in [1.54, 1.807) is 18.2 Å². The summed E-state index contributed by atoms with van der Waals surface area (Å²) in [5, 5.41) is 8.05. The monoisotopic (exact) mass is 398 g/mol. The highest BCUT2D eigenvalue weighted by molar-refractivity contribution is 5.86. The molecular weight excluding hydrogens is 379 g/mol. The van der Waals surface area contributed by atoms with Gasteiger partial charge in [-0.2, -0.15) is 0 Å². The van der Waals surface area contributed by atoms with Gasteiger partial charge in [-0.3, -0.25) is 4.79 Å². The number of para-hydroxylation sites is 2. The minimum atomic E-state index is -0.806. The Hall–Kier alpha value is -3.49. The second-order valence-electron chi connectivity index (χ2n) is 6.73. The average molecular weight is 398 g/mol.